The van der Waals surface area contributed by atoms with Crippen molar-refractivity contribution in [3.05, 3.63) is 0 Å². The predicted octanol–water partition coefficient (Wildman–Crippen LogP) is 1.06. The highest BCUT2D eigenvalue weighted by molar-refractivity contribution is 4.69. The average molecular weight is 130 g/mol. The van der Waals surface area contributed by atoms with Crippen molar-refractivity contribution in [3.63, 3.8) is 0 Å². The molecule has 2 nitrogen and oxygen atoms in total. The molecule has 0 amide bonds. The molecule has 0 radical (unpaired) electrons. The van der Waals surface area contributed by atoms with Gasteiger partial charge in [-0.05, 0) is 12.3 Å². The van der Waals surface area contributed by atoms with Gasteiger partial charge in [-0.3, -0.25) is 0 Å². The first-order valence-corrected chi connectivity index (χ1v) is 3.45. The van der Waals surface area contributed by atoms with Gasteiger partial charge in [0, 0.05) is 13.7 Å². The Morgan fingerprint density at radius 1 is 1.56 bits per heavy atom. The van der Waals surface area contributed by atoms with Gasteiger partial charge in [0.2, 0.25) is 0 Å². The SMILES string of the molecule is CO[C@H]1COCC[C@H]1C. The Morgan fingerprint density at radius 2 is 2.33 bits per heavy atom. The summed E-state index contributed by atoms with van der Waals surface area (Å²) in [6.07, 6.45) is 1.47. The van der Waals surface area contributed by atoms with Crippen LogP contribution < -0.4 is 0 Å². The largest absolute Gasteiger partial charge is 0.379 e. The van der Waals surface area contributed by atoms with Crippen molar-refractivity contribution < 1.29 is 9.47 Å². The Kier molecular flexibility index (Phi) is 2.49. The Labute approximate surface area is 56.2 Å². The summed E-state index contributed by atoms with van der Waals surface area (Å²) < 4.78 is 10.4. The Balaban J connectivity index is 2.30. The maximum atomic E-state index is 5.22. The number of ether oxygens (including phenoxy) is 2. The van der Waals surface area contributed by atoms with Crippen LogP contribution >= 0.6 is 0 Å². The van der Waals surface area contributed by atoms with Crippen molar-refractivity contribution in [2.24, 2.45) is 5.92 Å². The van der Waals surface area contributed by atoms with Gasteiger partial charge >= 0.3 is 0 Å². The fourth-order valence-electron chi connectivity index (χ4n) is 1.12. The molecule has 1 heterocycles. The minimum atomic E-state index is 0.332. The van der Waals surface area contributed by atoms with Crippen molar-refractivity contribution >= 4 is 0 Å². The Hall–Kier alpha value is -0.0800. The van der Waals surface area contributed by atoms with Crippen LogP contribution in [0.5, 0.6) is 0 Å². The maximum absolute atomic E-state index is 5.22. The van der Waals surface area contributed by atoms with Gasteiger partial charge in [0.25, 0.3) is 0 Å². The van der Waals surface area contributed by atoms with Crippen LogP contribution in [0, 0.1) is 5.92 Å². The molecule has 0 aromatic carbocycles. The lowest BCUT2D eigenvalue weighted by Gasteiger charge is -2.27. The van der Waals surface area contributed by atoms with E-state index in [0.29, 0.717) is 12.0 Å². The molecule has 1 aliphatic heterocycles. The smallest absolute Gasteiger partial charge is 0.0830 e. The number of rotatable bonds is 1. The van der Waals surface area contributed by atoms with Crippen LogP contribution in [0.25, 0.3) is 0 Å². The predicted molar refractivity (Wildman–Crippen MR) is 35.4 cm³/mol. The van der Waals surface area contributed by atoms with Crippen molar-refractivity contribution in [1.82, 2.24) is 0 Å². The third-order valence-electron chi connectivity index (χ3n) is 1.94. The molecule has 9 heavy (non-hydrogen) atoms. The highest BCUT2D eigenvalue weighted by Gasteiger charge is 2.20. The zero-order chi connectivity index (χ0) is 6.69. The van der Waals surface area contributed by atoms with Gasteiger partial charge in [0.15, 0.2) is 0 Å². The molecule has 54 valence electrons. The topological polar surface area (TPSA) is 18.5 Å². The summed E-state index contributed by atoms with van der Waals surface area (Å²) in [7, 11) is 1.75. The van der Waals surface area contributed by atoms with Crippen molar-refractivity contribution in [3.8, 4) is 0 Å². The molecule has 1 saturated heterocycles. The van der Waals surface area contributed by atoms with Crippen LogP contribution in [0.4, 0.5) is 0 Å². The van der Waals surface area contributed by atoms with E-state index in [4.69, 9.17) is 9.47 Å². The summed E-state index contributed by atoms with van der Waals surface area (Å²) in [5.41, 5.74) is 0. The van der Waals surface area contributed by atoms with Gasteiger partial charge in [0.05, 0.1) is 12.7 Å². The molecular weight excluding hydrogens is 116 g/mol. The van der Waals surface area contributed by atoms with E-state index in [-0.39, 0.29) is 0 Å². The molecule has 2 atom stereocenters. The van der Waals surface area contributed by atoms with E-state index >= 15 is 0 Å². The van der Waals surface area contributed by atoms with E-state index in [2.05, 4.69) is 6.92 Å². The number of hydrogen-bond donors (Lipinski definition) is 0. The molecule has 0 aliphatic carbocycles. The lowest BCUT2D eigenvalue weighted by Crippen LogP contribution is -2.31. The first-order valence-electron chi connectivity index (χ1n) is 3.45. The third kappa shape index (κ3) is 1.66. The molecule has 1 aliphatic rings. The van der Waals surface area contributed by atoms with Crippen LogP contribution in [0.2, 0.25) is 0 Å². The molecule has 2 heteroatoms. The Bertz CT molecular complexity index is 83.0. The summed E-state index contributed by atoms with van der Waals surface area (Å²) in [6, 6.07) is 0. The summed E-state index contributed by atoms with van der Waals surface area (Å²) in [5.74, 6) is 0.670. The van der Waals surface area contributed by atoms with Gasteiger partial charge in [-0.1, -0.05) is 6.92 Å². The third-order valence-corrected chi connectivity index (χ3v) is 1.94. The van der Waals surface area contributed by atoms with Crippen molar-refractivity contribution in [1.29, 1.82) is 0 Å². The quantitative estimate of drug-likeness (QED) is 0.528. The fourth-order valence-corrected chi connectivity index (χ4v) is 1.12. The Morgan fingerprint density at radius 3 is 2.78 bits per heavy atom. The summed E-state index contributed by atoms with van der Waals surface area (Å²) >= 11 is 0. The molecule has 1 fully saturated rings. The molecule has 0 bridgehead atoms. The van der Waals surface area contributed by atoms with Gasteiger partial charge < -0.3 is 9.47 Å². The van der Waals surface area contributed by atoms with Crippen LogP contribution in [-0.4, -0.2) is 26.4 Å². The monoisotopic (exact) mass is 130 g/mol. The van der Waals surface area contributed by atoms with E-state index in [9.17, 15) is 0 Å². The molecule has 0 saturated carbocycles. The lowest BCUT2D eigenvalue weighted by molar-refractivity contribution is -0.0600. The maximum Gasteiger partial charge on any atom is 0.0830 e. The zero-order valence-electron chi connectivity index (χ0n) is 6.09. The first kappa shape index (κ1) is 7.03. The molecule has 0 unspecified atom stereocenters. The number of methoxy groups -OCH3 is 1. The summed E-state index contributed by atoms with van der Waals surface area (Å²) in [6.45, 7) is 3.88. The first-order chi connectivity index (χ1) is 4.34. The average Bonchev–Trinajstić information content (AvgIpc) is 1.89. The second-order valence-electron chi connectivity index (χ2n) is 2.62. The highest BCUT2D eigenvalue weighted by Crippen LogP contribution is 2.16. The van der Waals surface area contributed by atoms with Crippen molar-refractivity contribution in [2.75, 3.05) is 20.3 Å². The van der Waals surface area contributed by atoms with Gasteiger partial charge in [-0.15, -0.1) is 0 Å². The normalized spacial score (nSPS) is 36.7. The highest BCUT2D eigenvalue weighted by atomic mass is 16.5. The van der Waals surface area contributed by atoms with Gasteiger partial charge in [0.1, 0.15) is 0 Å². The number of hydrogen-bond acceptors (Lipinski definition) is 2. The molecule has 0 aromatic rings. The summed E-state index contributed by atoms with van der Waals surface area (Å²) in [4.78, 5) is 0. The minimum absolute atomic E-state index is 0.332. The molecule has 0 aromatic heterocycles. The molecule has 0 spiro atoms. The molecular formula is C7H14O2. The second-order valence-corrected chi connectivity index (χ2v) is 2.62. The van der Waals surface area contributed by atoms with E-state index in [0.717, 1.165) is 19.6 Å². The van der Waals surface area contributed by atoms with Crippen molar-refractivity contribution in [2.45, 2.75) is 19.4 Å². The van der Waals surface area contributed by atoms with E-state index in [1.807, 2.05) is 0 Å². The van der Waals surface area contributed by atoms with Crippen LogP contribution in [0.1, 0.15) is 13.3 Å². The second kappa shape index (κ2) is 3.18. The molecule has 1 rings (SSSR count). The van der Waals surface area contributed by atoms with E-state index in [1.54, 1.807) is 7.11 Å². The summed E-state index contributed by atoms with van der Waals surface area (Å²) in [5, 5.41) is 0. The molecule has 0 N–H and O–H groups in total. The van der Waals surface area contributed by atoms with E-state index < -0.39 is 0 Å². The van der Waals surface area contributed by atoms with Crippen LogP contribution in [0.3, 0.4) is 0 Å². The van der Waals surface area contributed by atoms with Gasteiger partial charge in [-0.25, -0.2) is 0 Å². The van der Waals surface area contributed by atoms with E-state index in [1.165, 1.54) is 0 Å². The van der Waals surface area contributed by atoms with Crippen LogP contribution in [0.15, 0.2) is 0 Å². The lowest BCUT2D eigenvalue weighted by atomic mass is 10.00. The fraction of sp³-hybridized carbons (Fsp3) is 1.00. The van der Waals surface area contributed by atoms with Crippen LogP contribution in [-0.2, 0) is 9.47 Å². The minimum Gasteiger partial charge on any atom is -0.379 e. The van der Waals surface area contributed by atoms with Gasteiger partial charge in [-0.2, -0.15) is 0 Å². The standard InChI is InChI=1S/C7H14O2/c1-6-3-4-9-5-7(6)8-2/h6-7H,3-5H2,1-2H3/t6-,7+/m1/s1. The zero-order valence-corrected chi connectivity index (χ0v) is 6.09.